The number of hydrogen-bond acceptors (Lipinski definition) is 5. The van der Waals surface area contributed by atoms with E-state index in [0.29, 0.717) is 17.8 Å². The lowest BCUT2D eigenvalue weighted by molar-refractivity contribution is -0.659. The van der Waals surface area contributed by atoms with E-state index >= 15 is 0 Å². The van der Waals surface area contributed by atoms with Crippen molar-refractivity contribution < 1.29 is 22.8 Å². The molecule has 10 aromatic heterocycles. The molecule has 0 N–H and O–H groups in total. The van der Waals surface area contributed by atoms with Crippen LogP contribution in [0.2, 0.25) is 0 Å². The quantitative estimate of drug-likeness (QED) is 0.127. The van der Waals surface area contributed by atoms with Crippen molar-refractivity contribution in [3.05, 3.63) is 296 Å². The SMILES string of the molecule is Cc1cc(C)c(C)c(-c2cc3cc(C(C)C)cnc3c[n+]2C)c1.Cc1cc(C)c(C)c(-c2cc3cc(CC(C)C)cnc3c[n+]2C)c1.Cc1cc(C)c(C)c(-c2cc3cccnc3c[n+]2C)c1.Cc1cc(C)c(C)c(-c2cc3ccncc3c[n+]2C)c1.Cc1cc(C)c(C)c(-c2cc3cncc(CC(C)C)c3c[n+]2C)c1. The van der Waals surface area contributed by atoms with E-state index in [1.807, 2.05) is 49.4 Å². The zero-order valence-electron chi connectivity index (χ0n) is 71.1. The van der Waals surface area contributed by atoms with Gasteiger partial charge in [-0.15, -0.1) is 0 Å². The van der Waals surface area contributed by atoms with Gasteiger partial charge in [-0.3, -0.25) is 9.97 Å². The summed E-state index contributed by atoms with van der Waals surface area (Å²) in [5.74, 6) is 1.77. The van der Waals surface area contributed by atoms with Gasteiger partial charge in [0.25, 0.3) is 0 Å². The van der Waals surface area contributed by atoms with Crippen LogP contribution in [0.25, 0.3) is 111 Å². The summed E-state index contributed by atoms with van der Waals surface area (Å²) < 4.78 is 11.0. The van der Waals surface area contributed by atoms with Crippen molar-refractivity contribution in [2.24, 2.45) is 47.1 Å². The summed E-state index contributed by atoms with van der Waals surface area (Å²) in [6, 6.07) is 44.7. The van der Waals surface area contributed by atoms with E-state index < -0.39 is 0 Å². The lowest BCUT2D eigenvalue weighted by Gasteiger charge is -2.12. The van der Waals surface area contributed by atoms with Gasteiger partial charge >= 0.3 is 0 Å². The molecular weight excluding hydrogens is 1350 g/mol. The molecule has 0 radical (unpaired) electrons. The Balaban J connectivity index is 0.000000138. The second-order valence-corrected chi connectivity index (χ2v) is 32.8. The third-order valence-corrected chi connectivity index (χ3v) is 22.2. The van der Waals surface area contributed by atoms with Crippen LogP contribution in [-0.4, -0.2) is 24.9 Å². The van der Waals surface area contributed by atoms with Crippen LogP contribution in [0.3, 0.4) is 0 Å². The summed E-state index contributed by atoms with van der Waals surface area (Å²) >= 11 is 0. The zero-order valence-corrected chi connectivity index (χ0v) is 71.1. The van der Waals surface area contributed by atoms with Crippen LogP contribution < -0.4 is 22.8 Å². The highest BCUT2D eigenvalue weighted by molar-refractivity contribution is 5.88. The number of rotatable bonds is 10. The minimum absolute atomic E-state index is 0.493. The predicted octanol–water partition coefficient (Wildman–Crippen LogP) is 21.8. The second kappa shape index (κ2) is 34.4. The Kier molecular flexibility index (Phi) is 25.1. The van der Waals surface area contributed by atoms with Gasteiger partial charge < -0.3 is 0 Å². The predicted molar refractivity (Wildman–Crippen MR) is 464 cm³/mol. The molecule has 10 nitrogen and oxygen atoms in total. The Bertz CT molecular complexity index is 5810. The molecule has 15 rings (SSSR count). The number of aryl methyl sites for hydroxylation is 15. The van der Waals surface area contributed by atoms with Crippen LogP contribution in [0.5, 0.6) is 0 Å². The van der Waals surface area contributed by atoms with Crippen molar-refractivity contribution in [3.63, 3.8) is 0 Å². The van der Waals surface area contributed by atoms with Crippen molar-refractivity contribution in [3.8, 4) is 56.3 Å². The van der Waals surface area contributed by atoms with Gasteiger partial charge in [0, 0.05) is 123 Å². The van der Waals surface area contributed by atoms with Crippen LogP contribution >= 0.6 is 0 Å². The van der Waals surface area contributed by atoms with Crippen LogP contribution in [0.4, 0.5) is 0 Å². The fraction of sp³-hybridized carbons (Fsp3) is 0.307. The number of benzene rings is 5. The Morgan fingerprint density at radius 2 is 0.667 bits per heavy atom. The summed E-state index contributed by atoms with van der Waals surface area (Å²) in [4.78, 5) is 22.4. The first kappa shape index (κ1) is 80.9. The fourth-order valence-corrected chi connectivity index (χ4v) is 15.5. The largest absolute Gasteiger partial charge is 0.264 e. The van der Waals surface area contributed by atoms with Gasteiger partial charge in [0.15, 0.2) is 31.0 Å². The molecule has 0 aliphatic carbocycles. The number of fused-ring (bicyclic) bond motifs is 5. The fourth-order valence-electron chi connectivity index (χ4n) is 15.5. The molecular formula is C101H117N10+5. The number of nitrogens with zero attached hydrogens (tertiary/aromatic N) is 10. The molecule has 0 fully saturated rings. The molecule has 5 aromatic carbocycles. The van der Waals surface area contributed by atoms with Gasteiger partial charge in [-0.25, -0.2) is 24.1 Å². The number of aromatic nitrogens is 10. The summed E-state index contributed by atoms with van der Waals surface area (Å²) in [5, 5.41) is 8.54. The first-order chi connectivity index (χ1) is 52.7. The summed E-state index contributed by atoms with van der Waals surface area (Å²) in [5.41, 5.74) is 39.8. The first-order valence-corrected chi connectivity index (χ1v) is 39.4. The minimum atomic E-state index is 0.493. The molecule has 0 bridgehead atoms. The van der Waals surface area contributed by atoms with E-state index in [1.165, 1.54) is 194 Å². The smallest absolute Gasteiger partial charge is 0.213 e. The van der Waals surface area contributed by atoms with Gasteiger partial charge in [0.1, 0.15) is 51.8 Å². The molecule has 0 atom stereocenters. The monoisotopic (exact) mass is 1470 g/mol. The Hall–Kier alpha value is -11.1. The van der Waals surface area contributed by atoms with E-state index in [2.05, 4.69) is 375 Å². The van der Waals surface area contributed by atoms with Crippen LogP contribution in [0.1, 0.15) is 148 Å². The van der Waals surface area contributed by atoms with Gasteiger partial charge in [-0.05, 0) is 267 Å². The summed E-state index contributed by atoms with van der Waals surface area (Å²) in [6.45, 7) is 46.2. The second-order valence-electron chi connectivity index (χ2n) is 32.8. The van der Waals surface area contributed by atoms with E-state index in [-0.39, 0.29) is 0 Å². The maximum Gasteiger partial charge on any atom is 0.213 e. The van der Waals surface area contributed by atoms with Gasteiger partial charge in [-0.2, -0.15) is 13.7 Å². The Labute approximate surface area is 661 Å². The van der Waals surface area contributed by atoms with Crippen molar-refractivity contribution in [1.29, 1.82) is 0 Å². The van der Waals surface area contributed by atoms with Gasteiger partial charge in [0.2, 0.25) is 28.5 Å². The molecule has 10 heteroatoms. The maximum absolute atomic E-state index is 4.67. The van der Waals surface area contributed by atoms with Crippen LogP contribution in [-0.2, 0) is 48.1 Å². The first-order valence-electron chi connectivity index (χ1n) is 39.4. The third-order valence-electron chi connectivity index (χ3n) is 22.2. The average molecular weight is 1470 g/mol. The normalized spacial score (nSPS) is 11.3. The molecule has 566 valence electrons. The standard InChI is InChI=1S/2C22H27N2.C21H25N2.2C18H19N2/c1-14(2)7-18-11-23-12-19-10-22(24(6)13-21(18)19)20-9-15(3)8-16(4)17(20)5;1-14(2)7-18-10-19-11-22(24(6)13-21(19)23-12-18)20-9-15(3)8-16(4)17(20)5;1-13(2)18-9-17-10-21(23(6)12-20(17)22-11-18)19-8-14(3)7-15(4)16(19)5;1-12-7-13(2)14(3)17(8-12)18-9-15-5-6-19-10-16(15)11-20(18)4;1-12-8-13(2)14(3)16(9-12)18-10-15-6-5-7-19-17(15)11-20(18)4/h2*8-14H,7H2,1-6H3;7-13H,1-6H3;2*5-11H,1-4H3/q5*+1. The molecule has 15 aromatic rings. The Morgan fingerprint density at radius 3 is 1.10 bits per heavy atom. The summed E-state index contributed by atoms with van der Waals surface area (Å²) in [6.07, 6.45) is 26.5. The minimum Gasteiger partial charge on any atom is -0.264 e. The molecule has 10 heterocycles. The molecule has 0 aliphatic heterocycles. The van der Waals surface area contributed by atoms with Crippen LogP contribution in [0, 0.1) is 116 Å². The number of pyridine rings is 10. The third kappa shape index (κ3) is 18.7. The van der Waals surface area contributed by atoms with Crippen molar-refractivity contribution in [2.45, 2.75) is 164 Å². The molecule has 0 saturated heterocycles. The van der Waals surface area contributed by atoms with Gasteiger partial charge in [-0.1, -0.05) is 106 Å². The topological polar surface area (TPSA) is 83.8 Å². The summed E-state index contributed by atoms with van der Waals surface area (Å²) in [7, 11) is 10.5. The van der Waals surface area contributed by atoms with E-state index in [4.69, 9.17) is 0 Å². The number of hydrogen-bond donors (Lipinski definition) is 0. The molecule has 0 amide bonds. The zero-order chi connectivity index (χ0) is 80.1. The molecule has 0 aliphatic rings. The van der Waals surface area contributed by atoms with E-state index in [9.17, 15) is 0 Å². The van der Waals surface area contributed by atoms with E-state index in [0.717, 1.165) is 29.4 Å². The highest BCUT2D eigenvalue weighted by Gasteiger charge is 2.23. The Morgan fingerprint density at radius 1 is 0.297 bits per heavy atom. The highest BCUT2D eigenvalue weighted by atomic mass is 15.0. The maximum atomic E-state index is 4.67. The van der Waals surface area contributed by atoms with Crippen molar-refractivity contribution in [1.82, 2.24) is 24.9 Å². The average Bonchev–Trinajstić information content (AvgIpc) is 0.790. The van der Waals surface area contributed by atoms with Crippen molar-refractivity contribution in [2.75, 3.05) is 0 Å². The lowest BCUT2D eigenvalue weighted by atomic mass is 9.95. The highest BCUT2D eigenvalue weighted by Crippen LogP contribution is 2.34. The lowest BCUT2D eigenvalue weighted by Crippen LogP contribution is -2.31. The van der Waals surface area contributed by atoms with Gasteiger partial charge in [0.05, 0.1) is 10.8 Å². The molecule has 111 heavy (non-hydrogen) atoms. The molecule has 0 spiro atoms. The van der Waals surface area contributed by atoms with Crippen LogP contribution in [0.15, 0.2) is 196 Å². The molecule has 0 saturated carbocycles. The van der Waals surface area contributed by atoms with E-state index in [1.54, 1.807) is 0 Å². The van der Waals surface area contributed by atoms with Crippen molar-refractivity contribution >= 4 is 54.3 Å². The molecule has 0 unspecified atom stereocenters.